The molecule has 1 saturated heterocycles. The van der Waals surface area contributed by atoms with Crippen LogP contribution in [0.15, 0.2) is 27.5 Å². The van der Waals surface area contributed by atoms with Crippen LogP contribution in [0.1, 0.15) is 42.8 Å². The average Bonchev–Trinajstić information content (AvgIpc) is 3.28. The van der Waals surface area contributed by atoms with Crippen molar-refractivity contribution < 1.29 is 22.4 Å². The number of nitrogens with one attached hydrogen (secondary N) is 1. The van der Waals surface area contributed by atoms with Crippen molar-refractivity contribution in [1.82, 2.24) is 9.62 Å². The van der Waals surface area contributed by atoms with Crippen molar-refractivity contribution >= 4 is 27.0 Å². The summed E-state index contributed by atoms with van der Waals surface area (Å²) in [5.41, 5.74) is 1.06. The van der Waals surface area contributed by atoms with Gasteiger partial charge in [-0.15, -0.1) is 0 Å². The van der Waals surface area contributed by atoms with Crippen LogP contribution in [0, 0.1) is 6.92 Å². The predicted octanol–water partition coefficient (Wildman–Crippen LogP) is 2.68. The minimum atomic E-state index is -3.64. The van der Waals surface area contributed by atoms with Gasteiger partial charge in [-0.25, -0.2) is 13.2 Å². The van der Waals surface area contributed by atoms with E-state index in [1.54, 1.807) is 36.4 Å². The van der Waals surface area contributed by atoms with Gasteiger partial charge in [0.25, 0.3) is 0 Å². The second-order valence-electron chi connectivity index (χ2n) is 6.70. The maximum Gasteiger partial charge on any atom is 0.374 e. The quantitative estimate of drug-likeness (QED) is 0.727. The SMILES string of the molecule is CCCN(C1CCNC1)S(=O)(=O)c1ccc2oc(C(=O)OCC)c(C)c2c1. The average molecular weight is 394 g/mol. The van der Waals surface area contributed by atoms with Gasteiger partial charge in [-0.3, -0.25) is 0 Å². The molecule has 2 heterocycles. The lowest BCUT2D eigenvalue weighted by molar-refractivity contribution is 0.0491. The zero-order valence-corrected chi connectivity index (χ0v) is 16.8. The Hall–Kier alpha value is -1.90. The molecule has 7 nitrogen and oxygen atoms in total. The minimum absolute atomic E-state index is 0.0359. The number of carbonyl (C=O) groups excluding carboxylic acids is 1. The molecule has 1 aliphatic heterocycles. The summed E-state index contributed by atoms with van der Waals surface area (Å²) in [7, 11) is -3.64. The van der Waals surface area contributed by atoms with E-state index in [1.807, 2.05) is 6.92 Å². The second kappa shape index (κ2) is 8.00. The van der Waals surface area contributed by atoms with E-state index in [-0.39, 0.29) is 23.3 Å². The molecule has 1 aromatic carbocycles. The molecule has 8 heteroatoms. The van der Waals surface area contributed by atoms with E-state index in [0.717, 1.165) is 19.4 Å². The Kier molecular flexibility index (Phi) is 5.88. The molecule has 0 aliphatic carbocycles. The van der Waals surface area contributed by atoms with Gasteiger partial charge >= 0.3 is 5.97 Å². The van der Waals surface area contributed by atoms with Crippen molar-refractivity contribution in [2.24, 2.45) is 0 Å². The number of sulfonamides is 1. The molecular weight excluding hydrogens is 368 g/mol. The highest BCUT2D eigenvalue weighted by Gasteiger charge is 2.33. The number of rotatable bonds is 7. The number of carbonyl (C=O) groups is 1. The molecule has 0 saturated carbocycles. The number of benzene rings is 1. The Morgan fingerprint density at radius 3 is 2.78 bits per heavy atom. The first-order valence-corrected chi connectivity index (χ1v) is 10.8. The molecule has 1 fully saturated rings. The van der Waals surface area contributed by atoms with Gasteiger partial charge in [0.2, 0.25) is 15.8 Å². The fourth-order valence-electron chi connectivity index (χ4n) is 3.49. The van der Waals surface area contributed by atoms with Crippen molar-refractivity contribution in [1.29, 1.82) is 0 Å². The highest BCUT2D eigenvalue weighted by atomic mass is 32.2. The third-order valence-electron chi connectivity index (χ3n) is 4.86. The van der Waals surface area contributed by atoms with Gasteiger partial charge in [0.1, 0.15) is 5.58 Å². The summed E-state index contributed by atoms with van der Waals surface area (Å²) in [4.78, 5) is 12.3. The number of hydrogen-bond acceptors (Lipinski definition) is 6. The smallest absolute Gasteiger partial charge is 0.374 e. The molecule has 1 aromatic heterocycles. The Bertz CT molecular complexity index is 929. The molecule has 27 heavy (non-hydrogen) atoms. The van der Waals surface area contributed by atoms with Gasteiger partial charge < -0.3 is 14.5 Å². The van der Waals surface area contributed by atoms with Gasteiger partial charge in [0, 0.05) is 30.1 Å². The largest absolute Gasteiger partial charge is 0.460 e. The maximum absolute atomic E-state index is 13.3. The molecule has 0 spiro atoms. The van der Waals surface area contributed by atoms with E-state index in [0.29, 0.717) is 29.6 Å². The van der Waals surface area contributed by atoms with E-state index in [9.17, 15) is 13.2 Å². The number of ether oxygens (including phenoxy) is 1. The fraction of sp³-hybridized carbons (Fsp3) is 0.526. The van der Waals surface area contributed by atoms with Crippen LogP contribution in [0.4, 0.5) is 0 Å². The summed E-state index contributed by atoms with van der Waals surface area (Å²) in [6.07, 6.45) is 1.55. The van der Waals surface area contributed by atoms with E-state index >= 15 is 0 Å². The lowest BCUT2D eigenvalue weighted by Gasteiger charge is -2.27. The summed E-state index contributed by atoms with van der Waals surface area (Å²) < 4.78 is 38.8. The van der Waals surface area contributed by atoms with Crippen molar-refractivity contribution in [3.8, 4) is 0 Å². The highest BCUT2D eigenvalue weighted by molar-refractivity contribution is 7.89. The summed E-state index contributed by atoms with van der Waals surface area (Å²) in [5, 5.41) is 3.84. The second-order valence-corrected chi connectivity index (χ2v) is 8.59. The first kappa shape index (κ1) is 19.9. The Morgan fingerprint density at radius 2 is 2.15 bits per heavy atom. The Morgan fingerprint density at radius 1 is 1.37 bits per heavy atom. The minimum Gasteiger partial charge on any atom is -0.460 e. The van der Waals surface area contributed by atoms with Crippen LogP contribution in [0.5, 0.6) is 0 Å². The van der Waals surface area contributed by atoms with Crippen molar-refractivity contribution in [3.05, 3.63) is 29.5 Å². The van der Waals surface area contributed by atoms with Crippen molar-refractivity contribution in [3.63, 3.8) is 0 Å². The van der Waals surface area contributed by atoms with Crippen LogP contribution in [-0.4, -0.2) is 51.0 Å². The first-order valence-electron chi connectivity index (χ1n) is 9.33. The number of hydrogen-bond donors (Lipinski definition) is 1. The fourth-order valence-corrected chi connectivity index (χ4v) is 5.26. The van der Waals surface area contributed by atoms with Crippen LogP contribution in [0.2, 0.25) is 0 Å². The zero-order chi connectivity index (χ0) is 19.6. The molecule has 0 radical (unpaired) electrons. The normalized spacial score (nSPS) is 17.7. The molecule has 1 N–H and O–H groups in total. The van der Waals surface area contributed by atoms with Gasteiger partial charge in [-0.1, -0.05) is 6.92 Å². The van der Waals surface area contributed by atoms with Gasteiger partial charge in [0.05, 0.1) is 11.5 Å². The van der Waals surface area contributed by atoms with E-state index in [2.05, 4.69) is 5.32 Å². The van der Waals surface area contributed by atoms with Gasteiger partial charge in [0.15, 0.2) is 0 Å². The standard InChI is InChI=1S/C19H26N2O5S/c1-4-10-21(14-8-9-20-12-14)27(23,24)15-6-7-17-16(11-15)13(3)18(26-17)19(22)25-5-2/h6-7,11,14,20H,4-5,8-10,12H2,1-3H3. The van der Waals surface area contributed by atoms with Crippen LogP contribution < -0.4 is 5.32 Å². The summed E-state index contributed by atoms with van der Waals surface area (Å²) in [6, 6.07) is 4.71. The van der Waals surface area contributed by atoms with Crippen molar-refractivity contribution in [2.45, 2.75) is 44.6 Å². The van der Waals surface area contributed by atoms with Crippen molar-refractivity contribution in [2.75, 3.05) is 26.2 Å². The molecule has 3 rings (SSSR count). The molecule has 0 amide bonds. The number of nitrogens with zero attached hydrogens (tertiary/aromatic N) is 1. The Balaban J connectivity index is 2.02. The third-order valence-corrected chi connectivity index (χ3v) is 6.81. The lowest BCUT2D eigenvalue weighted by atomic mass is 10.1. The monoisotopic (exact) mass is 394 g/mol. The number of aryl methyl sites for hydroxylation is 1. The van der Waals surface area contributed by atoms with Crippen LogP contribution >= 0.6 is 0 Å². The molecule has 2 aromatic rings. The highest BCUT2D eigenvalue weighted by Crippen LogP contribution is 2.30. The molecular formula is C19H26N2O5S. The molecule has 0 bridgehead atoms. The first-order chi connectivity index (χ1) is 12.9. The molecule has 148 valence electrons. The van der Waals surface area contributed by atoms with E-state index in [1.165, 1.54) is 0 Å². The van der Waals surface area contributed by atoms with Gasteiger partial charge in [-0.2, -0.15) is 4.31 Å². The van der Waals surface area contributed by atoms with Crippen LogP contribution in [0.25, 0.3) is 11.0 Å². The zero-order valence-electron chi connectivity index (χ0n) is 15.9. The molecule has 1 aliphatic rings. The topological polar surface area (TPSA) is 88.9 Å². The summed E-state index contributed by atoms with van der Waals surface area (Å²) in [6.45, 7) is 7.64. The van der Waals surface area contributed by atoms with E-state index in [4.69, 9.17) is 9.15 Å². The third kappa shape index (κ3) is 3.74. The predicted molar refractivity (Wildman–Crippen MR) is 102 cm³/mol. The number of furan rings is 1. The lowest BCUT2D eigenvalue weighted by Crippen LogP contribution is -2.41. The van der Waals surface area contributed by atoms with Crippen LogP contribution in [-0.2, 0) is 14.8 Å². The number of esters is 1. The van der Waals surface area contributed by atoms with E-state index < -0.39 is 16.0 Å². The number of fused-ring (bicyclic) bond motifs is 1. The maximum atomic E-state index is 13.3. The Labute approximate surface area is 159 Å². The molecule has 1 atom stereocenters. The van der Waals surface area contributed by atoms with Crippen LogP contribution in [0.3, 0.4) is 0 Å². The summed E-state index contributed by atoms with van der Waals surface area (Å²) in [5.74, 6) is -0.424. The summed E-state index contributed by atoms with van der Waals surface area (Å²) >= 11 is 0. The molecule has 1 unspecified atom stereocenters. The van der Waals surface area contributed by atoms with Gasteiger partial charge in [-0.05, 0) is 51.4 Å².